The largest absolute Gasteiger partial charge is 0.417 e. The molecule has 0 aliphatic heterocycles. The van der Waals surface area contributed by atoms with Crippen LogP contribution in [0.15, 0.2) is 59.5 Å². The lowest BCUT2D eigenvalue weighted by Gasteiger charge is -2.21. The third-order valence-electron chi connectivity index (χ3n) is 4.15. The molecule has 2 aromatic carbocycles. The van der Waals surface area contributed by atoms with E-state index in [0.717, 1.165) is 17.8 Å². The number of alkyl halides is 3. The van der Waals surface area contributed by atoms with Crippen molar-refractivity contribution in [3.63, 3.8) is 0 Å². The van der Waals surface area contributed by atoms with E-state index in [9.17, 15) is 26.4 Å². The number of nitrogens with one attached hydrogen (secondary N) is 2. The number of carbonyl (C=O) groups excluding carboxylic acids is 1. The first-order chi connectivity index (χ1) is 13.5. The topological polar surface area (TPSA) is 78.5 Å². The Kier molecular flexibility index (Phi) is 7.26. The predicted molar refractivity (Wildman–Crippen MR) is 104 cm³/mol. The van der Waals surface area contributed by atoms with Crippen LogP contribution in [0.5, 0.6) is 0 Å². The van der Waals surface area contributed by atoms with E-state index in [1.54, 1.807) is 0 Å². The minimum atomic E-state index is -4.83. The number of anilines is 1. The number of likely N-dealkylation sites (N-methyl/N-ethyl adjacent to an activating group) is 1. The van der Waals surface area contributed by atoms with E-state index in [1.165, 1.54) is 13.0 Å². The molecule has 158 valence electrons. The molecule has 0 aliphatic carbocycles. The fourth-order valence-electron chi connectivity index (χ4n) is 2.60. The number of hydrogen-bond acceptors (Lipinski definition) is 4. The number of hydrogen-bond donors (Lipinski definition) is 2. The number of sulfonamides is 1. The number of carbonyl (C=O) groups is 1. The Hall–Kier alpha value is -2.59. The van der Waals surface area contributed by atoms with Crippen molar-refractivity contribution in [3.8, 4) is 0 Å². The molecule has 0 fully saturated rings. The van der Waals surface area contributed by atoms with Crippen molar-refractivity contribution in [2.45, 2.75) is 24.0 Å². The quantitative estimate of drug-likeness (QED) is 0.676. The summed E-state index contributed by atoms with van der Waals surface area (Å²) in [4.78, 5) is 13.2. The molecule has 0 spiro atoms. The standard InChI is InChI=1S/C19H22F3N3O3S/c1-14(18(26)23-12-13-25(2)15-8-4-3-5-9-15)24-29(27,28)17-11-7-6-10-16(17)19(20,21)22/h3-11,14,24H,12-13H2,1-2H3,(H,23,26)/t14-/m0/s1. The van der Waals surface area contributed by atoms with Crippen molar-refractivity contribution in [1.29, 1.82) is 0 Å². The van der Waals surface area contributed by atoms with Crippen molar-refractivity contribution in [2.75, 3.05) is 25.0 Å². The SMILES string of the molecule is C[C@H](NS(=O)(=O)c1ccccc1C(F)(F)F)C(=O)NCCN(C)c1ccccc1. The van der Waals surface area contributed by atoms with Crippen molar-refractivity contribution in [2.24, 2.45) is 0 Å². The first kappa shape index (κ1) is 22.7. The second-order valence-electron chi connectivity index (χ2n) is 6.39. The number of benzene rings is 2. The van der Waals surface area contributed by atoms with Crippen LogP contribution in [0.25, 0.3) is 0 Å². The zero-order chi connectivity index (χ0) is 21.7. The normalized spacial score (nSPS) is 13.0. The van der Waals surface area contributed by atoms with Gasteiger partial charge in [0, 0.05) is 25.8 Å². The van der Waals surface area contributed by atoms with Crippen LogP contribution in [-0.2, 0) is 21.0 Å². The van der Waals surface area contributed by atoms with E-state index in [0.29, 0.717) is 12.6 Å². The summed E-state index contributed by atoms with van der Waals surface area (Å²) in [5.41, 5.74) is -0.344. The average Bonchev–Trinajstić information content (AvgIpc) is 2.67. The summed E-state index contributed by atoms with van der Waals surface area (Å²) >= 11 is 0. The molecular weight excluding hydrogens is 407 g/mol. The Morgan fingerprint density at radius 1 is 1.07 bits per heavy atom. The number of halogens is 3. The average molecular weight is 429 g/mol. The molecule has 0 unspecified atom stereocenters. The second kappa shape index (κ2) is 9.27. The number of para-hydroxylation sites is 1. The van der Waals surface area contributed by atoms with Gasteiger partial charge in [0.1, 0.15) is 0 Å². The van der Waals surface area contributed by atoms with E-state index >= 15 is 0 Å². The molecule has 2 N–H and O–H groups in total. The van der Waals surface area contributed by atoms with Crippen LogP contribution in [0.3, 0.4) is 0 Å². The van der Waals surface area contributed by atoms with Crippen LogP contribution in [0, 0.1) is 0 Å². The van der Waals surface area contributed by atoms with E-state index in [4.69, 9.17) is 0 Å². The van der Waals surface area contributed by atoms with E-state index in [1.807, 2.05) is 47.0 Å². The summed E-state index contributed by atoms with van der Waals surface area (Å²) in [6.07, 6.45) is -4.83. The minimum Gasteiger partial charge on any atom is -0.373 e. The van der Waals surface area contributed by atoms with Crippen LogP contribution in [0.2, 0.25) is 0 Å². The highest BCUT2D eigenvalue weighted by Gasteiger charge is 2.37. The molecule has 0 saturated carbocycles. The smallest absolute Gasteiger partial charge is 0.373 e. The van der Waals surface area contributed by atoms with Gasteiger partial charge in [0.05, 0.1) is 16.5 Å². The molecule has 1 amide bonds. The van der Waals surface area contributed by atoms with Gasteiger partial charge in [0.15, 0.2) is 0 Å². The summed E-state index contributed by atoms with van der Waals surface area (Å²) in [5.74, 6) is -0.639. The summed E-state index contributed by atoms with van der Waals surface area (Å²) < 4.78 is 66.0. The van der Waals surface area contributed by atoms with E-state index in [2.05, 4.69) is 5.32 Å². The van der Waals surface area contributed by atoms with Gasteiger partial charge in [-0.2, -0.15) is 17.9 Å². The summed E-state index contributed by atoms with van der Waals surface area (Å²) in [6, 6.07) is 12.0. The summed E-state index contributed by atoms with van der Waals surface area (Å²) in [7, 11) is -2.71. The van der Waals surface area contributed by atoms with Crippen molar-refractivity contribution < 1.29 is 26.4 Å². The lowest BCUT2D eigenvalue weighted by atomic mass is 10.2. The molecule has 2 rings (SSSR count). The van der Waals surface area contributed by atoms with Gasteiger partial charge in [-0.25, -0.2) is 8.42 Å². The molecule has 2 aromatic rings. The fraction of sp³-hybridized carbons (Fsp3) is 0.316. The maximum absolute atomic E-state index is 13.1. The number of nitrogens with zero attached hydrogens (tertiary/aromatic N) is 1. The van der Waals surface area contributed by atoms with Gasteiger partial charge >= 0.3 is 6.18 Å². The van der Waals surface area contributed by atoms with Gasteiger partial charge < -0.3 is 10.2 Å². The van der Waals surface area contributed by atoms with Crippen molar-refractivity contribution in [3.05, 3.63) is 60.2 Å². The Morgan fingerprint density at radius 2 is 1.66 bits per heavy atom. The summed E-state index contributed by atoms with van der Waals surface area (Å²) in [6.45, 7) is 1.96. The Bertz CT molecular complexity index is 934. The van der Waals surface area contributed by atoms with Crippen molar-refractivity contribution >= 4 is 21.6 Å². The first-order valence-electron chi connectivity index (χ1n) is 8.75. The molecule has 0 heterocycles. The van der Waals surface area contributed by atoms with Gasteiger partial charge in [-0.1, -0.05) is 30.3 Å². The molecule has 29 heavy (non-hydrogen) atoms. The highest BCUT2D eigenvalue weighted by molar-refractivity contribution is 7.89. The molecule has 0 aliphatic rings. The lowest BCUT2D eigenvalue weighted by Crippen LogP contribution is -2.46. The maximum atomic E-state index is 13.1. The molecule has 1 atom stereocenters. The Balaban J connectivity index is 1.97. The fourth-order valence-corrected chi connectivity index (χ4v) is 4.03. The third-order valence-corrected chi connectivity index (χ3v) is 5.75. The molecule has 6 nitrogen and oxygen atoms in total. The monoisotopic (exact) mass is 429 g/mol. The molecule has 10 heteroatoms. The van der Waals surface area contributed by atoms with Crippen molar-refractivity contribution in [1.82, 2.24) is 10.0 Å². The molecule has 0 radical (unpaired) electrons. The zero-order valence-electron chi connectivity index (χ0n) is 15.9. The Morgan fingerprint density at radius 3 is 2.28 bits per heavy atom. The zero-order valence-corrected chi connectivity index (χ0v) is 16.7. The van der Waals surface area contributed by atoms with E-state index in [-0.39, 0.29) is 6.54 Å². The highest BCUT2D eigenvalue weighted by Crippen LogP contribution is 2.33. The second-order valence-corrected chi connectivity index (χ2v) is 8.07. The highest BCUT2D eigenvalue weighted by atomic mass is 32.2. The van der Waals surface area contributed by atoms with Crippen LogP contribution < -0.4 is 14.9 Å². The predicted octanol–water partition coefficient (Wildman–Crippen LogP) is 2.62. The van der Waals surface area contributed by atoms with E-state index < -0.39 is 38.6 Å². The molecule has 0 saturated heterocycles. The van der Waals surface area contributed by atoms with Gasteiger partial charge in [-0.3, -0.25) is 4.79 Å². The summed E-state index contributed by atoms with van der Waals surface area (Å²) in [5, 5.41) is 2.57. The van der Waals surface area contributed by atoms with Crippen LogP contribution >= 0.6 is 0 Å². The Labute approximate surface area is 167 Å². The van der Waals surface area contributed by atoms with Crippen LogP contribution in [0.1, 0.15) is 12.5 Å². The maximum Gasteiger partial charge on any atom is 0.417 e. The molecule has 0 bridgehead atoms. The van der Waals surface area contributed by atoms with Gasteiger partial charge in [-0.05, 0) is 31.2 Å². The minimum absolute atomic E-state index is 0.232. The molecular formula is C19H22F3N3O3S. The third kappa shape index (κ3) is 6.20. The molecule has 0 aromatic heterocycles. The number of rotatable bonds is 8. The van der Waals surface area contributed by atoms with Gasteiger partial charge in [-0.15, -0.1) is 0 Å². The first-order valence-corrected chi connectivity index (χ1v) is 10.2. The number of amides is 1. The van der Waals surface area contributed by atoms with Crippen LogP contribution in [0.4, 0.5) is 18.9 Å². The van der Waals surface area contributed by atoms with Crippen LogP contribution in [-0.4, -0.2) is 40.5 Å². The lowest BCUT2D eigenvalue weighted by molar-refractivity contribution is -0.139. The van der Waals surface area contributed by atoms with Gasteiger partial charge in [0.25, 0.3) is 0 Å². The van der Waals surface area contributed by atoms with Gasteiger partial charge in [0.2, 0.25) is 15.9 Å².